The molecule has 1 heterocycles. The third kappa shape index (κ3) is 0.699. The molecule has 1 amide bonds. The van der Waals surface area contributed by atoms with Crippen LogP contribution in [0.1, 0.15) is 21.5 Å². The molecule has 0 atom stereocenters. The Morgan fingerprint density at radius 2 is 1.60 bits per heavy atom. The van der Waals surface area contributed by atoms with Crippen LogP contribution in [-0.4, -0.2) is 5.91 Å². The Labute approximate surface area is 86.2 Å². The molecule has 0 unspecified atom stereocenters. The van der Waals surface area contributed by atoms with Gasteiger partial charge in [0.05, 0.1) is 0 Å². The van der Waals surface area contributed by atoms with E-state index in [1.165, 1.54) is 16.5 Å². The Kier molecular flexibility index (Phi) is 1.02. The van der Waals surface area contributed by atoms with Gasteiger partial charge in [-0.05, 0) is 28.6 Å². The fourth-order valence-corrected chi connectivity index (χ4v) is 2.49. The van der Waals surface area contributed by atoms with Gasteiger partial charge in [-0.3, -0.25) is 4.79 Å². The van der Waals surface area contributed by atoms with Crippen molar-refractivity contribution in [2.45, 2.75) is 0 Å². The quantitative estimate of drug-likeness (QED) is 0.584. The number of hydrogen-bond acceptors (Lipinski definition) is 1. The summed E-state index contributed by atoms with van der Waals surface area (Å²) in [5, 5.41) is 5.18. The fourth-order valence-electron chi connectivity index (χ4n) is 2.49. The SMILES string of the molecule is O=C1Nc2ccc3c4c(ccc1c24)C=C3. The summed E-state index contributed by atoms with van der Waals surface area (Å²) in [5.74, 6) is 0.0144. The van der Waals surface area contributed by atoms with Crippen molar-refractivity contribution in [2.24, 2.45) is 0 Å². The van der Waals surface area contributed by atoms with Crippen molar-refractivity contribution in [1.82, 2.24) is 0 Å². The first kappa shape index (κ1) is 7.23. The Bertz CT molecular complexity index is 656. The highest BCUT2D eigenvalue weighted by molar-refractivity contribution is 6.27. The van der Waals surface area contributed by atoms with E-state index >= 15 is 0 Å². The van der Waals surface area contributed by atoms with Crippen LogP contribution in [0.3, 0.4) is 0 Å². The molecule has 4 rings (SSSR count). The number of nitrogens with one attached hydrogen (secondary N) is 1. The topological polar surface area (TPSA) is 29.1 Å². The lowest BCUT2D eigenvalue weighted by Crippen LogP contribution is -2.03. The van der Waals surface area contributed by atoms with E-state index in [-0.39, 0.29) is 5.91 Å². The molecular formula is C13H7NO. The predicted octanol–water partition coefficient (Wildman–Crippen LogP) is 2.89. The van der Waals surface area contributed by atoms with Crippen LogP contribution in [0.25, 0.3) is 22.9 Å². The van der Waals surface area contributed by atoms with Gasteiger partial charge in [-0.15, -0.1) is 0 Å². The molecule has 0 aromatic heterocycles. The highest BCUT2D eigenvalue weighted by Crippen LogP contribution is 2.40. The van der Waals surface area contributed by atoms with Crippen LogP contribution >= 0.6 is 0 Å². The summed E-state index contributed by atoms with van der Waals surface area (Å²) in [5.41, 5.74) is 4.16. The van der Waals surface area contributed by atoms with E-state index in [2.05, 4.69) is 23.5 Å². The second kappa shape index (κ2) is 2.11. The van der Waals surface area contributed by atoms with E-state index in [0.717, 1.165) is 16.6 Å². The van der Waals surface area contributed by atoms with Gasteiger partial charge >= 0.3 is 0 Å². The molecule has 2 aliphatic rings. The average Bonchev–Trinajstić information content (AvgIpc) is 2.78. The largest absolute Gasteiger partial charge is 0.321 e. The summed E-state index contributed by atoms with van der Waals surface area (Å²) in [6.07, 6.45) is 4.20. The second-order valence-corrected chi connectivity index (χ2v) is 3.94. The molecule has 0 fully saturated rings. The lowest BCUT2D eigenvalue weighted by atomic mass is 10.00. The van der Waals surface area contributed by atoms with Crippen LogP contribution in [0.2, 0.25) is 0 Å². The van der Waals surface area contributed by atoms with Crippen molar-refractivity contribution in [2.75, 3.05) is 5.32 Å². The molecule has 2 aromatic carbocycles. The number of benzene rings is 2. The Morgan fingerprint density at radius 3 is 2.40 bits per heavy atom. The Balaban J connectivity index is 2.36. The number of anilines is 1. The first-order valence-electron chi connectivity index (χ1n) is 4.94. The zero-order valence-corrected chi connectivity index (χ0v) is 7.87. The molecule has 1 N–H and O–H groups in total. The van der Waals surface area contributed by atoms with Crippen LogP contribution in [0.15, 0.2) is 24.3 Å². The fraction of sp³-hybridized carbons (Fsp3) is 0. The summed E-state index contributed by atoms with van der Waals surface area (Å²) in [7, 11) is 0. The molecule has 0 bridgehead atoms. The summed E-state index contributed by atoms with van der Waals surface area (Å²) in [4.78, 5) is 11.7. The maximum absolute atomic E-state index is 11.7. The minimum Gasteiger partial charge on any atom is -0.321 e. The number of hydrogen-bond donors (Lipinski definition) is 1. The smallest absolute Gasteiger partial charge is 0.256 e. The Morgan fingerprint density at radius 1 is 0.867 bits per heavy atom. The summed E-state index contributed by atoms with van der Waals surface area (Å²) >= 11 is 0. The molecule has 15 heavy (non-hydrogen) atoms. The highest BCUT2D eigenvalue weighted by atomic mass is 16.1. The maximum Gasteiger partial charge on any atom is 0.256 e. The number of amides is 1. The van der Waals surface area contributed by atoms with E-state index in [9.17, 15) is 4.79 Å². The third-order valence-corrected chi connectivity index (χ3v) is 3.16. The van der Waals surface area contributed by atoms with Crippen LogP contribution in [0.4, 0.5) is 5.69 Å². The summed E-state index contributed by atoms with van der Waals surface area (Å²) in [6, 6.07) is 7.95. The van der Waals surface area contributed by atoms with Crippen molar-refractivity contribution in [3.05, 3.63) is 41.0 Å². The molecule has 2 nitrogen and oxygen atoms in total. The van der Waals surface area contributed by atoms with Crippen LogP contribution in [-0.2, 0) is 0 Å². The van der Waals surface area contributed by atoms with E-state index in [1.54, 1.807) is 0 Å². The second-order valence-electron chi connectivity index (χ2n) is 3.94. The van der Waals surface area contributed by atoms with Gasteiger partial charge in [0.15, 0.2) is 0 Å². The first-order chi connectivity index (χ1) is 7.34. The van der Waals surface area contributed by atoms with Crippen molar-refractivity contribution in [1.29, 1.82) is 0 Å². The van der Waals surface area contributed by atoms with Gasteiger partial charge in [0.1, 0.15) is 0 Å². The van der Waals surface area contributed by atoms with Crippen molar-refractivity contribution in [3.8, 4) is 0 Å². The zero-order chi connectivity index (χ0) is 9.99. The maximum atomic E-state index is 11.7. The van der Waals surface area contributed by atoms with Gasteiger partial charge < -0.3 is 5.32 Å². The first-order valence-corrected chi connectivity index (χ1v) is 4.94. The molecule has 0 saturated carbocycles. The zero-order valence-electron chi connectivity index (χ0n) is 7.87. The third-order valence-electron chi connectivity index (χ3n) is 3.16. The van der Waals surface area contributed by atoms with Crippen molar-refractivity contribution < 1.29 is 4.79 Å². The van der Waals surface area contributed by atoms with E-state index in [0.29, 0.717) is 0 Å². The Hall–Kier alpha value is -2.09. The van der Waals surface area contributed by atoms with Gasteiger partial charge in [-0.1, -0.05) is 24.3 Å². The lowest BCUT2D eigenvalue weighted by Gasteiger charge is -2.02. The molecule has 2 heteroatoms. The van der Waals surface area contributed by atoms with Gasteiger partial charge in [-0.25, -0.2) is 0 Å². The van der Waals surface area contributed by atoms with Crippen LogP contribution in [0.5, 0.6) is 0 Å². The highest BCUT2D eigenvalue weighted by Gasteiger charge is 2.24. The van der Waals surface area contributed by atoms with E-state index in [4.69, 9.17) is 0 Å². The molecule has 70 valence electrons. The van der Waals surface area contributed by atoms with Gasteiger partial charge in [0, 0.05) is 16.6 Å². The lowest BCUT2D eigenvalue weighted by molar-refractivity contribution is 0.103. The van der Waals surface area contributed by atoms with Crippen molar-refractivity contribution in [3.63, 3.8) is 0 Å². The molecular weight excluding hydrogens is 186 g/mol. The molecule has 2 aromatic rings. The predicted molar refractivity (Wildman–Crippen MR) is 60.8 cm³/mol. The monoisotopic (exact) mass is 193 g/mol. The normalized spacial score (nSPS) is 15.1. The molecule has 0 saturated heterocycles. The van der Waals surface area contributed by atoms with Crippen LogP contribution < -0.4 is 5.32 Å². The molecule has 0 spiro atoms. The van der Waals surface area contributed by atoms with Gasteiger partial charge in [0.25, 0.3) is 5.91 Å². The number of rotatable bonds is 0. The van der Waals surface area contributed by atoms with E-state index < -0.39 is 0 Å². The molecule has 0 radical (unpaired) electrons. The summed E-state index contributed by atoms with van der Waals surface area (Å²) < 4.78 is 0. The standard InChI is InChI=1S/C13H7NO/c15-13-9-5-3-7-1-2-8-4-6-10(14-13)12(9)11(7)8/h1-6H,(H,14,15). The number of carbonyl (C=O) groups excluding carboxylic acids is 1. The van der Waals surface area contributed by atoms with Crippen LogP contribution in [0, 0.1) is 0 Å². The van der Waals surface area contributed by atoms with Gasteiger partial charge in [0.2, 0.25) is 0 Å². The van der Waals surface area contributed by atoms with E-state index in [1.807, 2.05) is 18.2 Å². The number of carbonyl (C=O) groups is 1. The molecule has 1 aliphatic heterocycles. The molecule has 1 aliphatic carbocycles. The van der Waals surface area contributed by atoms with Gasteiger partial charge in [-0.2, -0.15) is 0 Å². The minimum absolute atomic E-state index is 0.0144. The summed E-state index contributed by atoms with van der Waals surface area (Å²) in [6.45, 7) is 0. The minimum atomic E-state index is 0.0144. The van der Waals surface area contributed by atoms with Crippen molar-refractivity contribution >= 4 is 34.5 Å². The average molecular weight is 193 g/mol.